The van der Waals surface area contributed by atoms with E-state index < -0.39 is 41.3 Å². The predicted molar refractivity (Wildman–Crippen MR) is 149 cm³/mol. The van der Waals surface area contributed by atoms with Crippen LogP contribution in [0, 0.1) is 0 Å². The highest BCUT2D eigenvalue weighted by atomic mass is 19.4. The molecule has 0 bridgehead atoms. The fraction of sp³-hybridized carbons (Fsp3) is 0.194. The first-order valence-corrected chi connectivity index (χ1v) is 13.5. The van der Waals surface area contributed by atoms with Gasteiger partial charge < -0.3 is 18.9 Å². The molecule has 0 spiro atoms. The van der Waals surface area contributed by atoms with Gasteiger partial charge in [-0.05, 0) is 24.3 Å². The number of pyridine rings is 2. The average Bonchev–Trinajstić information content (AvgIpc) is 3.72. The highest BCUT2D eigenvalue weighted by Crippen LogP contribution is 2.37. The van der Waals surface area contributed by atoms with Crippen molar-refractivity contribution in [2.24, 2.45) is 9.98 Å². The number of hydrogen-bond donors (Lipinski definition) is 0. The van der Waals surface area contributed by atoms with Crippen LogP contribution < -0.4 is 9.47 Å². The van der Waals surface area contributed by atoms with Crippen molar-refractivity contribution < 1.29 is 50.1 Å². The van der Waals surface area contributed by atoms with Gasteiger partial charge in [-0.1, -0.05) is 36.4 Å². The molecule has 46 heavy (non-hydrogen) atoms. The van der Waals surface area contributed by atoms with E-state index in [1.807, 2.05) is 0 Å². The predicted octanol–water partition coefficient (Wildman–Crippen LogP) is 7.31. The van der Waals surface area contributed by atoms with E-state index >= 15 is 0 Å². The summed E-state index contributed by atoms with van der Waals surface area (Å²) in [6.07, 6.45) is -7.76. The molecule has 0 N–H and O–H groups in total. The van der Waals surface area contributed by atoms with Crippen molar-refractivity contribution in [2.45, 2.75) is 24.4 Å². The number of ether oxygens (including phenoxy) is 4. The summed E-state index contributed by atoms with van der Waals surface area (Å²) in [5.74, 6) is -0.856. The topological polar surface area (TPSA) is 104 Å². The van der Waals surface area contributed by atoms with E-state index in [1.165, 1.54) is 0 Å². The minimum Gasteiger partial charge on any atom is -0.472 e. The number of halogens is 6. The number of aromatic nitrogens is 2. The summed E-state index contributed by atoms with van der Waals surface area (Å²) in [4.78, 5) is 29.4. The van der Waals surface area contributed by atoms with E-state index in [4.69, 9.17) is 18.9 Å². The van der Waals surface area contributed by atoms with Gasteiger partial charge in [0.05, 0.1) is 11.1 Å². The summed E-state index contributed by atoms with van der Waals surface area (Å²) >= 11 is 0. The van der Waals surface area contributed by atoms with Gasteiger partial charge in [-0.2, -0.15) is 26.3 Å². The second-order valence-corrected chi connectivity index (χ2v) is 9.90. The summed E-state index contributed by atoms with van der Waals surface area (Å²) in [5, 5.41) is 0. The summed E-state index contributed by atoms with van der Waals surface area (Å²) < 4.78 is 99.9. The van der Waals surface area contributed by atoms with Crippen LogP contribution in [0.2, 0.25) is 0 Å². The number of rotatable bonds is 8. The third-order valence-corrected chi connectivity index (χ3v) is 6.80. The monoisotopic (exact) mass is 642 g/mol. The molecule has 9 nitrogen and oxygen atoms in total. The van der Waals surface area contributed by atoms with E-state index in [2.05, 4.69) is 20.0 Å². The Morgan fingerprint density at radius 3 is 1.41 bits per heavy atom. The van der Waals surface area contributed by atoms with Gasteiger partial charge in [0.25, 0.3) is 11.8 Å². The molecule has 0 aliphatic carbocycles. The highest BCUT2D eigenvalue weighted by molar-refractivity contribution is 6.63. The lowest BCUT2D eigenvalue weighted by Crippen LogP contribution is -2.24. The molecule has 2 atom stereocenters. The summed E-state index contributed by atoms with van der Waals surface area (Å²) in [7, 11) is 0. The summed E-state index contributed by atoms with van der Waals surface area (Å²) in [6, 6.07) is 15.7. The minimum atomic E-state index is -4.54. The van der Waals surface area contributed by atoms with Crippen LogP contribution in [0.15, 0.2) is 95.2 Å². The average molecular weight is 643 g/mol. The van der Waals surface area contributed by atoms with Crippen molar-refractivity contribution in [3.63, 3.8) is 0 Å². The van der Waals surface area contributed by atoms with Crippen LogP contribution in [0.25, 0.3) is 0 Å². The van der Waals surface area contributed by atoms with Gasteiger partial charge in [0, 0.05) is 35.7 Å². The molecule has 0 saturated carbocycles. The Hall–Kier alpha value is -5.47. The van der Waals surface area contributed by atoms with E-state index in [0.717, 1.165) is 24.3 Å². The van der Waals surface area contributed by atoms with Crippen molar-refractivity contribution >= 4 is 17.6 Å². The number of nitrogens with zero attached hydrogens (tertiary/aromatic N) is 4. The number of hydrogen-bond acceptors (Lipinski definition) is 9. The molecule has 0 saturated heterocycles. The standard InChI is InChI=1S/C31H20F6N4O5/c32-30(33,34)17-9-11-25(38-13-17)45-23-7-3-1-5-19(23)21-15-43-28(40-21)27(42)29-41-22(16-44-29)20-6-2-4-8-24(20)46-26-12-10-18(14-39-26)31(35,36)37/h1-14,21-22H,15-16H2. The molecule has 2 unspecified atom stereocenters. The van der Waals surface area contributed by atoms with Gasteiger partial charge >= 0.3 is 18.1 Å². The third kappa shape index (κ3) is 6.62. The molecule has 0 amide bonds. The number of benzene rings is 2. The van der Waals surface area contributed by atoms with Crippen molar-refractivity contribution in [1.29, 1.82) is 0 Å². The van der Waals surface area contributed by atoms with Gasteiger partial charge in [0.2, 0.25) is 11.8 Å². The largest absolute Gasteiger partial charge is 0.472 e. The maximum atomic E-state index is 13.2. The van der Waals surface area contributed by atoms with Crippen molar-refractivity contribution in [3.05, 3.63) is 107 Å². The van der Waals surface area contributed by atoms with Gasteiger partial charge in [0.15, 0.2) is 0 Å². The number of Topliss-reactive ketones (excluding diaryl/α,β-unsaturated/α-hetero) is 1. The van der Waals surface area contributed by atoms with Gasteiger partial charge in [-0.25, -0.2) is 20.0 Å². The Kier molecular flexibility index (Phi) is 8.06. The molecule has 4 heterocycles. The molecule has 6 rings (SSSR count). The zero-order valence-corrected chi connectivity index (χ0v) is 23.2. The van der Waals surface area contributed by atoms with E-state index in [1.54, 1.807) is 48.5 Å². The van der Waals surface area contributed by atoms with Crippen molar-refractivity contribution in [1.82, 2.24) is 9.97 Å². The lowest BCUT2D eigenvalue weighted by atomic mass is 10.1. The lowest BCUT2D eigenvalue weighted by molar-refractivity contribution is -0.138. The van der Waals surface area contributed by atoms with Crippen molar-refractivity contribution in [2.75, 3.05) is 13.2 Å². The van der Waals surface area contributed by atoms with Crippen molar-refractivity contribution in [3.8, 4) is 23.3 Å². The number of carbonyl (C=O) groups is 1. The second-order valence-electron chi connectivity index (χ2n) is 9.90. The molecule has 0 radical (unpaired) electrons. The lowest BCUT2D eigenvalue weighted by Gasteiger charge is -2.13. The molecule has 2 aliphatic heterocycles. The summed E-state index contributed by atoms with van der Waals surface area (Å²) in [6.45, 7) is -0.0647. The van der Waals surface area contributed by atoms with E-state index in [0.29, 0.717) is 23.5 Å². The smallest absolute Gasteiger partial charge is 0.417 e. The molecule has 2 aromatic carbocycles. The Bertz CT molecular complexity index is 1680. The molecule has 15 heteroatoms. The molecule has 2 aromatic heterocycles. The maximum Gasteiger partial charge on any atom is 0.417 e. The van der Waals surface area contributed by atoms with Crippen LogP contribution in [-0.4, -0.2) is 40.8 Å². The second kappa shape index (κ2) is 12.1. The fourth-order valence-corrected chi connectivity index (χ4v) is 4.55. The van der Waals surface area contributed by atoms with Crippen LogP contribution in [0.3, 0.4) is 0 Å². The number of para-hydroxylation sites is 2. The molecule has 236 valence electrons. The number of alkyl halides is 6. The third-order valence-electron chi connectivity index (χ3n) is 6.80. The maximum absolute atomic E-state index is 13.2. The van der Waals surface area contributed by atoms with Crippen LogP contribution in [-0.2, 0) is 26.6 Å². The first-order chi connectivity index (χ1) is 22.0. The first kappa shape index (κ1) is 30.6. The Morgan fingerprint density at radius 2 is 1.04 bits per heavy atom. The fourth-order valence-electron chi connectivity index (χ4n) is 4.55. The Labute approximate surface area is 256 Å². The normalized spacial score (nSPS) is 17.9. The van der Waals surface area contributed by atoms with E-state index in [-0.39, 0.29) is 48.3 Å². The van der Waals surface area contributed by atoms with Gasteiger partial charge in [-0.3, -0.25) is 4.79 Å². The zero-order valence-electron chi connectivity index (χ0n) is 23.2. The Morgan fingerprint density at radius 1 is 0.630 bits per heavy atom. The Balaban J connectivity index is 1.16. The zero-order chi connectivity index (χ0) is 32.5. The molecular formula is C31H20F6N4O5. The minimum absolute atomic E-state index is 0.0323. The van der Waals surface area contributed by atoms with Gasteiger partial charge in [0.1, 0.15) is 36.8 Å². The van der Waals surface area contributed by atoms with Crippen LogP contribution in [0.5, 0.6) is 23.3 Å². The van der Waals surface area contributed by atoms with Crippen LogP contribution in [0.1, 0.15) is 34.3 Å². The molecule has 4 aromatic rings. The van der Waals surface area contributed by atoms with Gasteiger partial charge in [-0.15, -0.1) is 0 Å². The number of ketones is 1. The highest BCUT2D eigenvalue weighted by Gasteiger charge is 2.36. The van der Waals surface area contributed by atoms with E-state index in [9.17, 15) is 31.1 Å². The summed E-state index contributed by atoms with van der Waals surface area (Å²) in [5.41, 5.74) is -0.836. The molecule has 2 aliphatic rings. The number of carbonyl (C=O) groups excluding carboxylic acids is 1. The molecule has 0 fully saturated rings. The van der Waals surface area contributed by atoms with Crippen LogP contribution >= 0.6 is 0 Å². The quantitative estimate of drug-likeness (QED) is 0.186. The van der Waals surface area contributed by atoms with Crippen LogP contribution in [0.4, 0.5) is 26.3 Å². The SMILES string of the molecule is O=C(C1=NC(c2ccccc2Oc2ccc(C(F)(F)F)cn2)CO1)C1=NC(c2ccccc2Oc2ccc(C(F)(F)F)cn2)CO1. The first-order valence-electron chi connectivity index (χ1n) is 13.5. The molecular weight excluding hydrogens is 622 g/mol. The number of aliphatic imine (C=N–C) groups is 2.